The fraction of sp³-hybridized carbons (Fsp3) is 0.0933. The van der Waals surface area contributed by atoms with Crippen LogP contribution in [0.4, 0.5) is 0 Å². The molecule has 11 aromatic rings. The Bertz CT molecular complexity index is 3020. The van der Waals surface area contributed by atoms with Crippen LogP contribution in [0.3, 0.4) is 0 Å². The Morgan fingerprint density at radius 3 is 0.659 bits per heavy atom. The van der Waals surface area contributed by atoms with E-state index in [0.717, 1.165) is 11.1 Å². The summed E-state index contributed by atoms with van der Waals surface area (Å²) in [5.74, 6) is -2.02. The van der Waals surface area contributed by atoms with E-state index in [4.69, 9.17) is 0 Å². The first-order chi connectivity index (χ1) is 39.6. The minimum Gasteiger partial charge on any atom is 0 e. The second kappa shape index (κ2) is 33.9. The van der Waals surface area contributed by atoms with Crippen molar-refractivity contribution in [2.24, 2.45) is 0 Å². The molecule has 0 saturated carbocycles. The summed E-state index contributed by atoms with van der Waals surface area (Å²) >= 11 is -7.02. The molecule has 2 unspecified atom stereocenters. The zero-order chi connectivity index (χ0) is 57.0. The second-order valence-electron chi connectivity index (χ2n) is 19.6. The van der Waals surface area contributed by atoms with Gasteiger partial charge in [0.15, 0.2) is 0 Å². The molecule has 0 bridgehead atoms. The van der Waals surface area contributed by atoms with Crippen LogP contribution in [0.2, 0.25) is 0 Å². The molecular formula is C75H67Ge2O4Sb-2. The average Bonchev–Trinajstić information content (AvgIpc) is 3.71. The third-order valence-corrected chi connectivity index (χ3v) is 36.5. The Labute approximate surface area is 509 Å². The normalized spacial score (nSPS) is 11.2. The summed E-state index contributed by atoms with van der Waals surface area (Å²) in [4.78, 5) is 24.1. The molecule has 11 rings (SSSR count). The predicted molar refractivity (Wildman–Crippen MR) is 341 cm³/mol. The SMILES string of the molecule is Cc1c[c]ccc1.Cc1c[c]ccc1.Cc1c[c]ccc1.O=C([O-])C[CH](c1ccccc1)[Ge]([c]1ccccc1)([c]1ccccc1)[c]1ccccc1.O=C([O-])C[CH](c1ccccc1)[Ge]([c]1ccccc1)([c]1ccccc1)[c]1ccccc1.[Sb]. The molecule has 0 amide bonds. The van der Waals surface area contributed by atoms with Crippen molar-refractivity contribution in [1.29, 1.82) is 0 Å². The summed E-state index contributed by atoms with van der Waals surface area (Å²) in [5.41, 5.74) is 5.91. The first kappa shape index (κ1) is 63.4. The van der Waals surface area contributed by atoms with E-state index in [2.05, 4.69) is 227 Å². The summed E-state index contributed by atoms with van der Waals surface area (Å²) in [5, 5.41) is 24.1. The van der Waals surface area contributed by atoms with Crippen LogP contribution < -0.4 is 36.6 Å². The van der Waals surface area contributed by atoms with Crippen LogP contribution in [0.25, 0.3) is 0 Å². The summed E-state index contributed by atoms with van der Waals surface area (Å²) < 4.78 is 7.12. The van der Waals surface area contributed by atoms with Crippen molar-refractivity contribution in [3.05, 3.63) is 361 Å². The van der Waals surface area contributed by atoms with Crippen molar-refractivity contribution in [3.63, 3.8) is 0 Å². The van der Waals surface area contributed by atoms with Crippen LogP contribution in [0.15, 0.2) is 315 Å². The molecule has 7 heteroatoms. The molecule has 82 heavy (non-hydrogen) atoms. The summed E-state index contributed by atoms with van der Waals surface area (Å²) in [6.45, 7) is 6.16. The van der Waals surface area contributed by atoms with Gasteiger partial charge in [0, 0.05) is 24.4 Å². The Morgan fingerprint density at radius 1 is 0.317 bits per heavy atom. The monoisotopic (exact) mass is 1300 g/mol. The maximum atomic E-state index is 12.0. The zero-order valence-corrected chi connectivity index (χ0v) is 53.4. The average molecular weight is 1300 g/mol. The fourth-order valence-electron chi connectivity index (χ4n) is 10.6. The third-order valence-electron chi connectivity index (χ3n) is 14.2. The van der Waals surface area contributed by atoms with Crippen molar-refractivity contribution in [3.8, 4) is 0 Å². The van der Waals surface area contributed by atoms with Gasteiger partial charge in [-0.15, -0.1) is 0 Å². The first-order valence-electron chi connectivity index (χ1n) is 27.2. The van der Waals surface area contributed by atoms with Gasteiger partial charge in [-0.1, -0.05) is 89.5 Å². The number of aliphatic carboxylic acids is 2. The zero-order valence-electron chi connectivity index (χ0n) is 46.7. The van der Waals surface area contributed by atoms with Crippen LogP contribution in [0.1, 0.15) is 50.2 Å². The smallest absolute Gasteiger partial charge is 0 e. The van der Waals surface area contributed by atoms with Gasteiger partial charge < -0.3 is 0 Å². The van der Waals surface area contributed by atoms with E-state index in [9.17, 15) is 19.8 Å². The van der Waals surface area contributed by atoms with Gasteiger partial charge in [-0.05, 0) is 39.0 Å². The van der Waals surface area contributed by atoms with Crippen molar-refractivity contribution in [1.82, 2.24) is 0 Å². The van der Waals surface area contributed by atoms with E-state index in [1.54, 1.807) is 0 Å². The van der Waals surface area contributed by atoms with Crippen LogP contribution in [-0.4, -0.2) is 62.9 Å². The van der Waals surface area contributed by atoms with E-state index in [1.807, 2.05) is 127 Å². The first-order valence-corrected chi connectivity index (χ1v) is 36.0. The molecule has 0 aliphatic rings. The van der Waals surface area contributed by atoms with Crippen LogP contribution >= 0.6 is 0 Å². The van der Waals surface area contributed by atoms with Crippen molar-refractivity contribution in [2.75, 3.05) is 0 Å². The van der Waals surface area contributed by atoms with E-state index < -0.39 is 38.5 Å². The molecule has 0 aromatic heterocycles. The number of aryl methyl sites for hydroxylation is 3. The maximum Gasteiger partial charge on any atom is 0 e. The van der Waals surface area contributed by atoms with Crippen molar-refractivity contribution < 1.29 is 19.8 Å². The Morgan fingerprint density at radius 2 is 0.512 bits per heavy atom. The summed E-state index contributed by atoms with van der Waals surface area (Å²) in [6.07, 6.45) is -0.0224. The summed E-state index contributed by atoms with van der Waals surface area (Å²) in [7, 11) is 0. The van der Waals surface area contributed by atoms with Gasteiger partial charge in [-0.2, -0.15) is 0 Å². The van der Waals surface area contributed by atoms with E-state index in [-0.39, 0.29) is 46.8 Å². The Balaban J connectivity index is 0.000000193. The molecule has 0 fully saturated rings. The molecule has 0 saturated heterocycles. The van der Waals surface area contributed by atoms with Gasteiger partial charge in [-0.25, -0.2) is 0 Å². The van der Waals surface area contributed by atoms with E-state index >= 15 is 0 Å². The number of hydrogen-bond donors (Lipinski definition) is 0. The van der Waals surface area contributed by atoms with E-state index in [1.165, 1.54) is 43.1 Å². The molecule has 0 aliphatic carbocycles. The second-order valence-corrected chi connectivity index (χ2v) is 36.6. The number of rotatable bonds is 14. The molecular weight excluding hydrogens is 1230 g/mol. The van der Waals surface area contributed by atoms with E-state index in [0.29, 0.717) is 0 Å². The standard InChI is InChI=1S/2C27H24GeO2.3C7H7.Sb/c2*29-27(30)21-26(22-13-5-1-6-14-22)28(23-15-7-2-8-16-23,24-17-9-3-10-18-24)25-19-11-4-12-20-25;3*1-7-5-3-2-4-6-7;/h2*1-20,26H,21H2,(H,29,30);3*2-3,5-6H,1H3;/p-2. The van der Waals surface area contributed by atoms with Gasteiger partial charge in [0.25, 0.3) is 0 Å². The minimum atomic E-state index is -3.51. The number of hydrogen-bond acceptors (Lipinski definition) is 4. The molecule has 406 valence electrons. The molecule has 4 nitrogen and oxygen atoms in total. The molecule has 6 radical (unpaired) electrons. The molecule has 0 heterocycles. The maximum absolute atomic E-state index is 12.0. The van der Waals surface area contributed by atoms with Gasteiger partial charge in [-0.3, -0.25) is 0 Å². The van der Waals surface area contributed by atoms with Gasteiger partial charge in [0.1, 0.15) is 0 Å². The van der Waals surface area contributed by atoms with Crippen molar-refractivity contribution in [2.45, 2.75) is 43.1 Å². The third kappa shape index (κ3) is 17.6. The number of carboxylic acids is 2. The van der Waals surface area contributed by atoms with Crippen LogP contribution in [0.5, 0.6) is 0 Å². The minimum absolute atomic E-state index is 0. The van der Waals surface area contributed by atoms with Crippen molar-refractivity contribution >= 4 is 89.3 Å². The number of carbonyl (C=O) groups is 2. The molecule has 2 atom stereocenters. The van der Waals surface area contributed by atoms with Gasteiger partial charge in [0.2, 0.25) is 0 Å². The largest absolute Gasteiger partial charge is 0 e. The molecule has 0 aliphatic heterocycles. The molecule has 0 spiro atoms. The molecule has 11 aromatic carbocycles. The predicted octanol–water partition coefficient (Wildman–Crippen LogP) is 10.2. The van der Waals surface area contributed by atoms with Crippen LogP contribution in [0, 0.1) is 39.0 Å². The van der Waals surface area contributed by atoms with Gasteiger partial charge >= 0.3 is 361 Å². The summed E-state index contributed by atoms with van der Waals surface area (Å²) in [6, 6.07) is 116. The number of benzene rings is 11. The topological polar surface area (TPSA) is 80.3 Å². The Kier molecular flexibility index (Phi) is 26.2. The van der Waals surface area contributed by atoms with Gasteiger partial charge in [0.05, 0.1) is 0 Å². The number of carbonyl (C=O) groups excluding carboxylic acids is 2. The van der Waals surface area contributed by atoms with Crippen LogP contribution in [-0.2, 0) is 9.59 Å². The quantitative estimate of drug-likeness (QED) is 0.102. The Hall–Kier alpha value is -7.74. The fourth-order valence-corrected chi connectivity index (χ4v) is 33.8. The number of carboxylic acid groups (broad SMARTS) is 2. The molecule has 0 N–H and O–H groups in total.